The Labute approximate surface area is 125 Å². The fourth-order valence-electron chi connectivity index (χ4n) is 3.50. The molecule has 0 saturated heterocycles. The lowest BCUT2D eigenvalue weighted by atomic mass is 9.68. The van der Waals surface area contributed by atoms with E-state index in [4.69, 9.17) is 0 Å². The van der Waals surface area contributed by atoms with Gasteiger partial charge in [0.15, 0.2) is 0 Å². The highest BCUT2D eigenvalue weighted by atomic mass is 32.1. The summed E-state index contributed by atoms with van der Waals surface area (Å²) < 4.78 is 1.35. The van der Waals surface area contributed by atoms with Crippen LogP contribution in [0.25, 0.3) is 10.1 Å². The fraction of sp³-hybridized carbons (Fsp3) is 0.500. The molecule has 1 aliphatic carbocycles. The molecule has 0 aliphatic heterocycles. The zero-order chi connectivity index (χ0) is 14.0. The smallest absolute Gasteiger partial charge is 0.0693 e. The zero-order valence-corrected chi connectivity index (χ0v) is 12.9. The zero-order valence-electron chi connectivity index (χ0n) is 12.1. The molecule has 20 heavy (non-hydrogen) atoms. The number of nitrogens with zero attached hydrogens (tertiary/aromatic N) is 1. The Kier molecular flexibility index (Phi) is 3.81. The molecule has 104 valence electrons. The fourth-order valence-corrected chi connectivity index (χ4v) is 4.46. The SMILES string of the molecule is CCC1CCC(C#N)(Cc2csc3ccccc23)CC1. The summed E-state index contributed by atoms with van der Waals surface area (Å²) in [5.74, 6) is 0.843. The maximum Gasteiger partial charge on any atom is 0.0693 e. The summed E-state index contributed by atoms with van der Waals surface area (Å²) in [5, 5.41) is 13.3. The summed E-state index contributed by atoms with van der Waals surface area (Å²) in [5.41, 5.74) is 1.26. The van der Waals surface area contributed by atoms with Gasteiger partial charge in [0, 0.05) is 4.70 Å². The number of hydrogen-bond acceptors (Lipinski definition) is 2. The lowest BCUT2D eigenvalue weighted by molar-refractivity contribution is 0.205. The summed E-state index contributed by atoms with van der Waals surface area (Å²) in [6.45, 7) is 2.27. The molecule has 1 heterocycles. The minimum atomic E-state index is -0.116. The van der Waals surface area contributed by atoms with Crippen LogP contribution >= 0.6 is 11.3 Å². The molecule has 3 rings (SSSR count). The van der Waals surface area contributed by atoms with Crippen LogP contribution in [0, 0.1) is 22.7 Å². The highest BCUT2D eigenvalue weighted by molar-refractivity contribution is 7.17. The van der Waals surface area contributed by atoms with E-state index in [0.717, 1.165) is 25.2 Å². The van der Waals surface area contributed by atoms with Gasteiger partial charge < -0.3 is 0 Å². The molecule has 0 spiro atoms. The van der Waals surface area contributed by atoms with Gasteiger partial charge in [-0.1, -0.05) is 31.5 Å². The molecular weight excluding hydrogens is 262 g/mol. The molecule has 1 nitrogen and oxygen atoms in total. The minimum Gasteiger partial charge on any atom is -0.198 e. The third kappa shape index (κ3) is 2.47. The van der Waals surface area contributed by atoms with Crippen molar-refractivity contribution in [2.75, 3.05) is 0 Å². The van der Waals surface area contributed by atoms with Gasteiger partial charge in [0.2, 0.25) is 0 Å². The summed E-state index contributed by atoms with van der Waals surface area (Å²) >= 11 is 1.81. The van der Waals surface area contributed by atoms with Crippen LogP contribution in [0.15, 0.2) is 29.6 Å². The lowest BCUT2D eigenvalue weighted by Gasteiger charge is -2.34. The van der Waals surface area contributed by atoms with Crippen molar-refractivity contribution >= 4 is 21.4 Å². The van der Waals surface area contributed by atoms with Crippen molar-refractivity contribution in [2.45, 2.75) is 45.4 Å². The number of fused-ring (bicyclic) bond motifs is 1. The Morgan fingerprint density at radius 1 is 1.30 bits per heavy atom. The van der Waals surface area contributed by atoms with Crippen molar-refractivity contribution in [3.8, 4) is 6.07 Å². The minimum absolute atomic E-state index is 0.116. The van der Waals surface area contributed by atoms with Crippen LogP contribution in [0.3, 0.4) is 0 Å². The second kappa shape index (κ2) is 5.58. The second-order valence-electron chi connectivity index (χ2n) is 6.18. The summed E-state index contributed by atoms with van der Waals surface area (Å²) in [4.78, 5) is 0. The van der Waals surface area contributed by atoms with E-state index in [-0.39, 0.29) is 5.41 Å². The second-order valence-corrected chi connectivity index (χ2v) is 7.09. The van der Waals surface area contributed by atoms with E-state index in [1.165, 1.54) is 34.9 Å². The third-order valence-electron chi connectivity index (χ3n) is 4.97. The summed E-state index contributed by atoms with van der Waals surface area (Å²) in [6.07, 6.45) is 6.81. The Bertz CT molecular complexity index is 626. The van der Waals surface area contributed by atoms with Crippen LogP contribution in [0.1, 0.15) is 44.6 Å². The van der Waals surface area contributed by atoms with Gasteiger partial charge in [-0.15, -0.1) is 11.3 Å². The average Bonchev–Trinajstić information content (AvgIpc) is 2.91. The molecule has 1 aromatic carbocycles. The van der Waals surface area contributed by atoms with E-state index in [9.17, 15) is 5.26 Å². The first-order valence-electron chi connectivity index (χ1n) is 7.63. The predicted octanol–water partition coefficient (Wildman–Crippen LogP) is 5.55. The Balaban J connectivity index is 1.84. The van der Waals surface area contributed by atoms with Gasteiger partial charge in [-0.25, -0.2) is 0 Å². The van der Waals surface area contributed by atoms with Crippen molar-refractivity contribution in [1.29, 1.82) is 5.26 Å². The highest BCUT2D eigenvalue weighted by Gasteiger charge is 2.35. The lowest BCUT2D eigenvalue weighted by Crippen LogP contribution is -2.28. The molecule has 0 N–H and O–H groups in total. The molecule has 1 fully saturated rings. The van der Waals surface area contributed by atoms with Gasteiger partial charge >= 0.3 is 0 Å². The Morgan fingerprint density at radius 2 is 2.05 bits per heavy atom. The molecule has 0 amide bonds. The van der Waals surface area contributed by atoms with Gasteiger partial charge in [0.1, 0.15) is 0 Å². The van der Waals surface area contributed by atoms with Crippen molar-refractivity contribution in [3.05, 3.63) is 35.2 Å². The molecule has 2 heteroatoms. The van der Waals surface area contributed by atoms with Crippen molar-refractivity contribution < 1.29 is 0 Å². The molecule has 2 aromatic rings. The Morgan fingerprint density at radius 3 is 2.75 bits per heavy atom. The number of benzene rings is 1. The molecule has 1 saturated carbocycles. The molecule has 0 radical (unpaired) electrons. The average molecular weight is 283 g/mol. The van der Waals surface area contributed by atoms with Crippen LogP contribution in [0.5, 0.6) is 0 Å². The van der Waals surface area contributed by atoms with E-state index >= 15 is 0 Å². The first-order chi connectivity index (χ1) is 9.76. The summed E-state index contributed by atoms with van der Waals surface area (Å²) in [7, 11) is 0. The normalized spacial score (nSPS) is 26.5. The number of nitriles is 1. The Hall–Kier alpha value is -1.33. The number of thiophene rings is 1. The van der Waals surface area contributed by atoms with E-state index in [1.54, 1.807) is 0 Å². The van der Waals surface area contributed by atoms with Crippen LogP contribution in [0.4, 0.5) is 0 Å². The topological polar surface area (TPSA) is 23.8 Å². The standard InChI is InChI=1S/C18H21NS/c1-2-14-7-9-18(13-19,10-8-14)11-15-12-20-17-6-4-3-5-16(15)17/h3-6,12,14H,2,7-11H2,1H3. The van der Waals surface area contributed by atoms with Crippen molar-refractivity contribution in [2.24, 2.45) is 11.3 Å². The van der Waals surface area contributed by atoms with Gasteiger partial charge in [-0.3, -0.25) is 0 Å². The first kappa shape index (κ1) is 13.6. The molecule has 1 aromatic heterocycles. The van der Waals surface area contributed by atoms with Crippen LogP contribution < -0.4 is 0 Å². The van der Waals surface area contributed by atoms with Crippen LogP contribution in [-0.2, 0) is 6.42 Å². The summed E-state index contributed by atoms with van der Waals surface area (Å²) in [6, 6.07) is 11.2. The first-order valence-corrected chi connectivity index (χ1v) is 8.51. The number of rotatable bonds is 3. The van der Waals surface area contributed by atoms with Crippen LogP contribution in [0.2, 0.25) is 0 Å². The van der Waals surface area contributed by atoms with Gasteiger partial charge in [-0.2, -0.15) is 5.26 Å². The van der Waals surface area contributed by atoms with Crippen LogP contribution in [-0.4, -0.2) is 0 Å². The van der Waals surface area contributed by atoms with Gasteiger partial charge in [0.25, 0.3) is 0 Å². The number of hydrogen-bond donors (Lipinski definition) is 0. The van der Waals surface area contributed by atoms with E-state index in [0.29, 0.717) is 0 Å². The quantitative estimate of drug-likeness (QED) is 0.724. The molecule has 0 bridgehead atoms. The van der Waals surface area contributed by atoms with Gasteiger partial charge in [-0.05, 0) is 60.4 Å². The molecule has 0 atom stereocenters. The highest BCUT2D eigenvalue weighted by Crippen LogP contribution is 2.43. The maximum atomic E-state index is 9.72. The van der Waals surface area contributed by atoms with Crippen molar-refractivity contribution in [1.82, 2.24) is 0 Å². The maximum absolute atomic E-state index is 9.72. The van der Waals surface area contributed by atoms with E-state index < -0.39 is 0 Å². The largest absolute Gasteiger partial charge is 0.198 e. The van der Waals surface area contributed by atoms with Gasteiger partial charge in [0.05, 0.1) is 11.5 Å². The molecule has 0 unspecified atom stereocenters. The predicted molar refractivity (Wildman–Crippen MR) is 85.8 cm³/mol. The molecular formula is C18H21NS. The third-order valence-corrected chi connectivity index (χ3v) is 5.98. The monoisotopic (exact) mass is 283 g/mol. The van der Waals surface area contributed by atoms with E-state index in [1.807, 2.05) is 11.3 Å². The van der Waals surface area contributed by atoms with Crippen molar-refractivity contribution in [3.63, 3.8) is 0 Å². The van der Waals surface area contributed by atoms with E-state index in [2.05, 4.69) is 42.6 Å². The molecule has 1 aliphatic rings.